The summed E-state index contributed by atoms with van der Waals surface area (Å²) >= 11 is 0. The van der Waals surface area contributed by atoms with Crippen LogP contribution in [0, 0.1) is 0 Å². The number of ether oxygens (including phenoxy) is 1. The van der Waals surface area contributed by atoms with E-state index in [2.05, 4.69) is 4.74 Å². The molecule has 1 N–H and O–H groups in total. The third-order valence-corrected chi connectivity index (χ3v) is 2.79. The quantitative estimate of drug-likeness (QED) is 0.778. The number of benzene rings is 1. The van der Waals surface area contributed by atoms with E-state index in [1.54, 1.807) is 12.1 Å². The lowest BCUT2D eigenvalue weighted by Crippen LogP contribution is -2.39. The largest absolute Gasteiger partial charge is 0.508 e. The van der Waals surface area contributed by atoms with E-state index in [4.69, 9.17) is 0 Å². The van der Waals surface area contributed by atoms with Gasteiger partial charge in [-0.3, -0.25) is 9.69 Å². The van der Waals surface area contributed by atoms with Crippen LogP contribution in [0.4, 0.5) is 5.69 Å². The normalized spacial score (nSPS) is 19.5. The molecule has 0 aliphatic carbocycles. The number of methoxy groups -OCH3 is 1. The van der Waals surface area contributed by atoms with Crippen molar-refractivity contribution in [2.24, 2.45) is 0 Å². The van der Waals surface area contributed by atoms with Crippen molar-refractivity contribution in [2.75, 3.05) is 12.0 Å². The van der Waals surface area contributed by atoms with Gasteiger partial charge in [-0.25, -0.2) is 4.79 Å². The molecule has 0 bridgehead atoms. The fourth-order valence-electron chi connectivity index (χ4n) is 2.01. The van der Waals surface area contributed by atoms with E-state index >= 15 is 0 Å². The number of phenolic OH excluding ortho intramolecular Hbond substituents is 1. The molecule has 0 aromatic heterocycles. The Hall–Kier alpha value is -2.04. The molecule has 1 amide bonds. The molecule has 0 radical (unpaired) electrons. The predicted octanol–water partition coefficient (Wildman–Crippen LogP) is 1.06. The summed E-state index contributed by atoms with van der Waals surface area (Å²) in [6, 6.07) is 5.69. The predicted molar refractivity (Wildman–Crippen MR) is 60.6 cm³/mol. The second kappa shape index (κ2) is 4.45. The summed E-state index contributed by atoms with van der Waals surface area (Å²) in [7, 11) is 1.30. The molecule has 17 heavy (non-hydrogen) atoms. The minimum absolute atomic E-state index is 0.0609. The van der Waals surface area contributed by atoms with Crippen molar-refractivity contribution in [3.05, 3.63) is 24.3 Å². The highest BCUT2D eigenvalue weighted by atomic mass is 16.5. The van der Waals surface area contributed by atoms with Crippen molar-refractivity contribution in [2.45, 2.75) is 18.9 Å². The molecule has 0 saturated carbocycles. The Kier molecular flexibility index (Phi) is 2.99. The minimum Gasteiger partial charge on any atom is -0.508 e. The van der Waals surface area contributed by atoms with Gasteiger partial charge in [-0.2, -0.15) is 0 Å². The Morgan fingerprint density at radius 1 is 1.53 bits per heavy atom. The zero-order chi connectivity index (χ0) is 12.4. The summed E-state index contributed by atoms with van der Waals surface area (Å²) in [6.07, 6.45) is 0.761. The van der Waals surface area contributed by atoms with Crippen molar-refractivity contribution in [1.29, 1.82) is 0 Å². The van der Waals surface area contributed by atoms with Gasteiger partial charge in [0, 0.05) is 18.2 Å². The number of amides is 1. The second-order valence-electron chi connectivity index (χ2n) is 3.86. The lowest BCUT2D eigenvalue weighted by Gasteiger charge is -2.22. The van der Waals surface area contributed by atoms with Gasteiger partial charge in [0.05, 0.1) is 7.11 Å². The van der Waals surface area contributed by atoms with Crippen molar-refractivity contribution >= 4 is 17.6 Å². The highest BCUT2D eigenvalue weighted by Crippen LogP contribution is 2.29. The molecule has 1 saturated heterocycles. The van der Waals surface area contributed by atoms with E-state index < -0.39 is 12.0 Å². The van der Waals surface area contributed by atoms with Gasteiger partial charge in [0.2, 0.25) is 5.91 Å². The van der Waals surface area contributed by atoms with E-state index in [1.807, 2.05) is 0 Å². The summed E-state index contributed by atoms with van der Waals surface area (Å²) in [5, 5.41) is 9.39. The highest BCUT2D eigenvalue weighted by Gasteiger charge is 2.37. The standard InChI is InChI=1S/C12H13NO4/c1-17-12(16)10-5-6-11(15)13(10)8-3-2-4-9(14)7-8/h2-4,7,10,14H,5-6H2,1H3. The molecular weight excluding hydrogens is 222 g/mol. The topological polar surface area (TPSA) is 66.8 Å². The maximum Gasteiger partial charge on any atom is 0.328 e. The second-order valence-corrected chi connectivity index (χ2v) is 3.86. The molecule has 1 aromatic carbocycles. The Labute approximate surface area is 98.6 Å². The van der Waals surface area contributed by atoms with Crippen molar-refractivity contribution < 1.29 is 19.4 Å². The van der Waals surface area contributed by atoms with Crippen LogP contribution >= 0.6 is 0 Å². The first-order valence-corrected chi connectivity index (χ1v) is 5.32. The lowest BCUT2D eigenvalue weighted by atomic mass is 10.2. The number of esters is 1. The van der Waals surface area contributed by atoms with E-state index in [0.29, 0.717) is 18.5 Å². The molecule has 1 aromatic rings. The van der Waals surface area contributed by atoms with E-state index in [1.165, 1.54) is 24.1 Å². The number of nitrogens with zero attached hydrogens (tertiary/aromatic N) is 1. The first-order valence-electron chi connectivity index (χ1n) is 5.32. The van der Waals surface area contributed by atoms with Gasteiger partial charge < -0.3 is 9.84 Å². The molecule has 1 aliphatic heterocycles. The molecule has 1 aliphatic rings. The first kappa shape index (κ1) is 11.4. The number of hydrogen-bond donors (Lipinski definition) is 1. The monoisotopic (exact) mass is 235 g/mol. The van der Waals surface area contributed by atoms with Crippen LogP contribution in [0.25, 0.3) is 0 Å². The average molecular weight is 235 g/mol. The van der Waals surface area contributed by atoms with Crippen LogP contribution < -0.4 is 4.90 Å². The van der Waals surface area contributed by atoms with Crippen molar-refractivity contribution in [1.82, 2.24) is 0 Å². The molecular formula is C12H13NO4. The molecule has 2 rings (SSSR count). The zero-order valence-electron chi connectivity index (χ0n) is 9.42. The van der Waals surface area contributed by atoms with Gasteiger partial charge in [0.15, 0.2) is 0 Å². The number of carbonyl (C=O) groups excluding carboxylic acids is 2. The summed E-state index contributed by atoms with van der Waals surface area (Å²) in [6.45, 7) is 0. The number of phenols is 1. The first-order chi connectivity index (χ1) is 8.13. The van der Waals surface area contributed by atoms with Crippen LogP contribution in [0.1, 0.15) is 12.8 Å². The number of rotatable bonds is 2. The zero-order valence-corrected chi connectivity index (χ0v) is 9.42. The molecule has 1 unspecified atom stereocenters. The number of carbonyl (C=O) groups is 2. The average Bonchev–Trinajstić information content (AvgIpc) is 2.70. The number of aromatic hydroxyl groups is 1. The smallest absolute Gasteiger partial charge is 0.328 e. The molecule has 5 heteroatoms. The van der Waals surface area contributed by atoms with Gasteiger partial charge in [0.25, 0.3) is 0 Å². The maximum absolute atomic E-state index is 11.8. The van der Waals surface area contributed by atoms with Gasteiger partial charge in [0.1, 0.15) is 11.8 Å². The molecule has 0 spiro atoms. The summed E-state index contributed by atoms with van der Waals surface area (Å²) < 4.78 is 4.67. The Balaban J connectivity index is 2.34. The Morgan fingerprint density at radius 3 is 2.94 bits per heavy atom. The van der Waals surface area contributed by atoms with Crippen molar-refractivity contribution in [3.8, 4) is 5.75 Å². The fourth-order valence-corrected chi connectivity index (χ4v) is 2.01. The van der Waals surface area contributed by atoms with E-state index in [-0.39, 0.29) is 11.7 Å². The third kappa shape index (κ3) is 2.08. The number of hydrogen-bond acceptors (Lipinski definition) is 4. The summed E-state index contributed by atoms with van der Waals surface area (Å²) in [4.78, 5) is 24.7. The molecule has 5 nitrogen and oxygen atoms in total. The molecule has 90 valence electrons. The van der Waals surface area contributed by atoms with Crippen LogP contribution in [0.3, 0.4) is 0 Å². The Morgan fingerprint density at radius 2 is 2.29 bits per heavy atom. The summed E-state index contributed by atoms with van der Waals surface area (Å²) in [5.41, 5.74) is 0.517. The molecule has 1 fully saturated rings. The fraction of sp³-hybridized carbons (Fsp3) is 0.333. The van der Waals surface area contributed by atoms with Crippen LogP contribution in [0.15, 0.2) is 24.3 Å². The SMILES string of the molecule is COC(=O)C1CCC(=O)N1c1cccc(O)c1. The summed E-state index contributed by atoms with van der Waals surface area (Å²) in [5.74, 6) is -0.504. The van der Waals surface area contributed by atoms with Crippen molar-refractivity contribution in [3.63, 3.8) is 0 Å². The molecule has 1 atom stereocenters. The highest BCUT2D eigenvalue weighted by molar-refractivity contribution is 6.02. The van der Waals surface area contributed by atoms with Crippen LogP contribution in [0.2, 0.25) is 0 Å². The maximum atomic E-state index is 11.8. The Bertz CT molecular complexity index is 458. The number of anilines is 1. The van der Waals surface area contributed by atoms with Crippen LogP contribution in [-0.2, 0) is 14.3 Å². The van der Waals surface area contributed by atoms with Crippen LogP contribution in [-0.4, -0.2) is 30.1 Å². The van der Waals surface area contributed by atoms with E-state index in [0.717, 1.165) is 0 Å². The van der Waals surface area contributed by atoms with Gasteiger partial charge in [-0.05, 0) is 18.6 Å². The van der Waals surface area contributed by atoms with Gasteiger partial charge >= 0.3 is 5.97 Å². The van der Waals surface area contributed by atoms with Gasteiger partial charge in [-0.15, -0.1) is 0 Å². The van der Waals surface area contributed by atoms with Gasteiger partial charge in [-0.1, -0.05) is 6.07 Å². The third-order valence-electron chi connectivity index (χ3n) is 2.79. The lowest BCUT2D eigenvalue weighted by molar-refractivity contribution is -0.142. The van der Waals surface area contributed by atoms with E-state index in [9.17, 15) is 14.7 Å². The van der Waals surface area contributed by atoms with Crippen LogP contribution in [0.5, 0.6) is 5.75 Å². The molecule has 1 heterocycles. The minimum atomic E-state index is -0.589.